The Bertz CT molecular complexity index is 405. The number of aromatic nitrogens is 1. The molecule has 0 fully saturated rings. The van der Waals surface area contributed by atoms with Gasteiger partial charge in [-0.15, -0.1) is 0 Å². The quantitative estimate of drug-likeness (QED) is 0.836. The largest absolute Gasteiger partial charge is 0.401 e. The molecule has 0 saturated carbocycles. The third-order valence-electron chi connectivity index (χ3n) is 2.79. The first-order valence-electron chi connectivity index (χ1n) is 6.77. The lowest BCUT2D eigenvalue weighted by Crippen LogP contribution is -2.34. The Labute approximate surface area is 118 Å². The maximum absolute atomic E-state index is 12.4. The Morgan fingerprint density at radius 1 is 1.25 bits per heavy atom. The lowest BCUT2D eigenvalue weighted by molar-refractivity contribution is -0.146. The highest BCUT2D eigenvalue weighted by molar-refractivity contribution is 5.11. The normalized spacial score (nSPS) is 12.4. The van der Waals surface area contributed by atoms with E-state index in [1.807, 2.05) is 26.0 Å². The molecule has 0 saturated heterocycles. The number of halogens is 3. The molecule has 0 spiro atoms. The van der Waals surface area contributed by atoms with Crippen LogP contribution in [0.5, 0.6) is 0 Å². The molecule has 1 rings (SSSR count). The Hall–Kier alpha value is -1.14. The predicted molar refractivity (Wildman–Crippen MR) is 73.2 cm³/mol. The van der Waals surface area contributed by atoms with Gasteiger partial charge in [-0.2, -0.15) is 13.2 Å². The van der Waals surface area contributed by atoms with Gasteiger partial charge < -0.3 is 5.32 Å². The van der Waals surface area contributed by atoms with Crippen LogP contribution in [0.1, 0.15) is 32.2 Å². The third kappa shape index (κ3) is 6.86. The molecular weight excluding hydrogens is 267 g/mol. The molecule has 0 bridgehead atoms. The molecule has 0 amide bonds. The van der Waals surface area contributed by atoms with Gasteiger partial charge >= 0.3 is 6.18 Å². The highest BCUT2D eigenvalue weighted by atomic mass is 19.4. The second-order valence-corrected chi connectivity index (χ2v) is 5.07. The van der Waals surface area contributed by atoms with E-state index in [4.69, 9.17) is 0 Å². The summed E-state index contributed by atoms with van der Waals surface area (Å²) in [7, 11) is 0. The van der Waals surface area contributed by atoms with Crippen LogP contribution in [0.4, 0.5) is 13.2 Å². The van der Waals surface area contributed by atoms with Gasteiger partial charge in [-0.3, -0.25) is 9.88 Å². The molecule has 0 aromatic carbocycles. The molecule has 3 nitrogen and oxygen atoms in total. The highest BCUT2D eigenvalue weighted by Gasteiger charge is 2.30. The standard InChI is InChI=1S/C14H22F3N3/c1-4-20(10-14(15,16)17)9-13-7-5-6-12(19-13)8-18-11(2)3/h5-7,11,18H,4,8-10H2,1-3H3. The number of pyridine rings is 1. The summed E-state index contributed by atoms with van der Waals surface area (Å²) in [4.78, 5) is 5.73. The minimum atomic E-state index is -4.17. The van der Waals surface area contributed by atoms with E-state index >= 15 is 0 Å². The van der Waals surface area contributed by atoms with Crippen LogP contribution in [-0.4, -0.2) is 35.2 Å². The van der Waals surface area contributed by atoms with Crippen LogP contribution in [-0.2, 0) is 13.1 Å². The van der Waals surface area contributed by atoms with Crippen molar-refractivity contribution in [2.24, 2.45) is 0 Å². The molecule has 0 aliphatic carbocycles. The van der Waals surface area contributed by atoms with Crippen LogP contribution >= 0.6 is 0 Å². The topological polar surface area (TPSA) is 28.2 Å². The number of hydrogen-bond acceptors (Lipinski definition) is 3. The predicted octanol–water partition coefficient (Wildman–Crippen LogP) is 2.96. The van der Waals surface area contributed by atoms with Crippen molar-refractivity contribution >= 4 is 0 Å². The van der Waals surface area contributed by atoms with Gasteiger partial charge in [-0.25, -0.2) is 0 Å². The first kappa shape index (κ1) is 16.9. The molecule has 0 aliphatic rings. The van der Waals surface area contributed by atoms with Gasteiger partial charge in [0.15, 0.2) is 0 Å². The SMILES string of the molecule is CCN(Cc1cccc(CNC(C)C)n1)CC(F)(F)F. The van der Waals surface area contributed by atoms with Gasteiger partial charge in [-0.05, 0) is 18.7 Å². The van der Waals surface area contributed by atoms with Crippen molar-refractivity contribution in [1.82, 2.24) is 15.2 Å². The summed E-state index contributed by atoms with van der Waals surface area (Å²) in [6, 6.07) is 5.82. The van der Waals surface area contributed by atoms with E-state index in [0.29, 0.717) is 24.8 Å². The van der Waals surface area contributed by atoms with Crippen LogP contribution in [0.2, 0.25) is 0 Å². The zero-order chi connectivity index (χ0) is 15.2. The van der Waals surface area contributed by atoms with Crippen molar-refractivity contribution < 1.29 is 13.2 Å². The van der Waals surface area contributed by atoms with E-state index in [1.165, 1.54) is 4.90 Å². The molecule has 1 heterocycles. The van der Waals surface area contributed by atoms with Gasteiger partial charge in [0.25, 0.3) is 0 Å². The molecular formula is C14H22F3N3. The molecule has 1 aromatic heterocycles. The Balaban J connectivity index is 2.64. The van der Waals surface area contributed by atoms with Crippen molar-refractivity contribution in [2.45, 2.75) is 46.1 Å². The summed E-state index contributed by atoms with van der Waals surface area (Å²) >= 11 is 0. The molecule has 1 aromatic rings. The van der Waals surface area contributed by atoms with E-state index in [1.54, 1.807) is 13.0 Å². The van der Waals surface area contributed by atoms with Gasteiger partial charge in [-0.1, -0.05) is 26.8 Å². The number of nitrogens with zero attached hydrogens (tertiary/aromatic N) is 2. The Morgan fingerprint density at radius 2 is 1.90 bits per heavy atom. The van der Waals surface area contributed by atoms with Gasteiger partial charge in [0, 0.05) is 19.1 Å². The summed E-state index contributed by atoms with van der Waals surface area (Å²) in [5.74, 6) is 0. The van der Waals surface area contributed by atoms with E-state index in [0.717, 1.165) is 5.69 Å². The number of rotatable bonds is 7. The zero-order valence-corrected chi connectivity index (χ0v) is 12.2. The van der Waals surface area contributed by atoms with Gasteiger partial charge in [0.05, 0.1) is 17.9 Å². The second-order valence-electron chi connectivity index (χ2n) is 5.07. The first-order chi connectivity index (χ1) is 9.30. The number of hydrogen-bond donors (Lipinski definition) is 1. The fourth-order valence-electron chi connectivity index (χ4n) is 1.79. The second kappa shape index (κ2) is 7.59. The number of nitrogens with one attached hydrogen (secondary N) is 1. The zero-order valence-electron chi connectivity index (χ0n) is 12.2. The molecule has 114 valence electrons. The minimum Gasteiger partial charge on any atom is -0.309 e. The average Bonchev–Trinajstić information content (AvgIpc) is 2.34. The summed E-state index contributed by atoms with van der Waals surface area (Å²) in [5.41, 5.74) is 1.51. The molecule has 0 radical (unpaired) electrons. The molecule has 0 atom stereocenters. The fraction of sp³-hybridized carbons (Fsp3) is 0.643. The maximum Gasteiger partial charge on any atom is 0.401 e. The maximum atomic E-state index is 12.4. The number of alkyl halides is 3. The van der Waals surface area contributed by atoms with Gasteiger partial charge in [0.2, 0.25) is 0 Å². The minimum absolute atomic E-state index is 0.214. The van der Waals surface area contributed by atoms with E-state index in [2.05, 4.69) is 10.3 Å². The van der Waals surface area contributed by atoms with Crippen LogP contribution in [0.25, 0.3) is 0 Å². The molecule has 20 heavy (non-hydrogen) atoms. The van der Waals surface area contributed by atoms with Crippen LogP contribution < -0.4 is 5.32 Å². The van der Waals surface area contributed by atoms with Crippen molar-refractivity contribution in [2.75, 3.05) is 13.1 Å². The monoisotopic (exact) mass is 289 g/mol. The van der Waals surface area contributed by atoms with Crippen molar-refractivity contribution in [3.05, 3.63) is 29.6 Å². The van der Waals surface area contributed by atoms with Crippen molar-refractivity contribution in [1.29, 1.82) is 0 Å². The summed E-state index contributed by atoms with van der Waals surface area (Å²) in [5, 5.41) is 3.24. The Morgan fingerprint density at radius 3 is 2.45 bits per heavy atom. The van der Waals surface area contributed by atoms with Crippen molar-refractivity contribution in [3.63, 3.8) is 0 Å². The molecule has 1 N–H and O–H groups in total. The van der Waals surface area contributed by atoms with E-state index < -0.39 is 12.7 Å². The van der Waals surface area contributed by atoms with Crippen molar-refractivity contribution in [3.8, 4) is 0 Å². The average molecular weight is 289 g/mol. The first-order valence-corrected chi connectivity index (χ1v) is 6.77. The third-order valence-corrected chi connectivity index (χ3v) is 2.79. The van der Waals surface area contributed by atoms with Crippen LogP contribution in [0.3, 0.4) is 0 Å². The van der Waals surface area contributed by atoms with Gasteiger partial charge in [0.1, 0.15) is 0 Å². The highest BCUT2D eigenvalue weighted by Crippen LogP contribution is 2.17. The molecule has 6 heteroatoms. The molecule has 0 unspecified atom stereocenters. The summed E-state index contributed by atoms with van der Waals surface area (Å²) in [6.45, 7) is 6.06. The van der Waals surface area contributed by atoms with Crippen LogP contribution in [0, 0.1) is 0 Å². The van der Waals surface area contributed by atoms with Crippen LogP contribution in [0.15, 0.2) is 18.2 Å². The van der Waals surface area contributed by atoms with E-state index in [-0.39, 0.29) is 6.54 Å². The Kier molecular flexibility index (Phi) is 6.42. The summed E-state index contributed by atoms with van der Waals surface area (Å²) < 4.78 is 37.2. The van der Waals surface area contributed by atoms with E-state index in [9.17, 15) is 13.2 Å². The smallest absolute Gasteiger partial charge is 0.309 e. The fourth-order valence-corrected chi connectivity index (χ4v) is 1.79. The molecule has 0 aliphatic heterocycles. The lowest BCUT2D eigenvalue weighted by atomic mass is 10.2. The summed E-state index contributed by atoms with van der Waals surface area (Å²) in [6.07, 6.45) is -4.17. The lowest BCUT2D eigenvalue weighted by Gasteiger charge is -2.21.